The molecule has 0 aliphatic heterocycles. The molecule has 2 aromatic carbocycles. The van der Waals surface area contributed by atoms with Gasteiger partial charge in [0.2, 0.25) is 5.78 Å². The maximum atomic E-state index is 13.2. The van der Waals surface area contributed by atoms with E-state index in [1.807, 2.05) is 54.6 Å². The Hall–Kier alpha value is -3.19. The van der Waals surface area contributed by atoms with Gasteiger partial charge in [0.15, 0.2) is 5.69 Å². The second-order valence-electron chi connectivity index (χ2n) is 7.79. The summed E-state index contributed by atoms with van der Waals surface area (Å²) in [4.78, 5) is 8.19. The number of fused-ring (bicyclic) bond motifs is 1. The van der Waals surface area contributed by atoms with E-state index in [2.05, 4.69) is 9.97 Å². The van der Waals surface area contributed by atoms with Gasteiger partial charge in [-0.25, -0.2) is 9.97 Å². The standard InChI is InChI=1S/C23H19F3N4/c24-23(25,26)19-14-30-13-18(15-5-2-1-3-6-15)20(29-21(30)28-19)16-7-9-17(10-8-16)22(27)11-4-12-22/h1-3,5-10,13-14H,4,11-12,27H2. The predicted molar refractivity (Wildman–Crippen MR) is 109 cm³/mol. The molecule has 2 aromatic heterocycles. The number of alkyl halides is 3. The molecule has 2 heterocycles. The molecular weight excluding hydrogens is 389 g/mol. The highest BCUT2D eigenvalue weighted by Gasteiger charge is 2.35. The van der Waals surface area contributed by atoms with Crippen LogP contribution in [-0.4, -0.2) is 14.4 Å². The first kappa shape index (κ1) is 18.8. The molecular formula is C23H19F3N4. The fraction of sp³-hybridized carbons (Fsp3) is 0.217. The van der Waals surface area contributed by atoms with E-state index in [0.29, 0.717) is 5.69 Å². The summed E-state index contributed by atoms with van der Waals surface area (Å²) in [5, 5.41) is 0. The Labute approximate surface area is 171 Å². The smallest absolute Gasteiger partial charge is 0.321 e. The Kier molecular flexibility index (Phi) is 4.18. The van der Waals surface area contributed by atoms with Gasteiger partial charge in [-0.05, 0) is 30.4 Å². The summed E-state index contributed by atoms with van der Waals surface area (Å²) in [6, 6.07) is 17.3. The zero-order chi connectivity index (χ0) is 20.9. The molecule has 0 spiro atoms. The van der Waals surface area contributed by atoms with Gasteiger partial charge in [-0.15, -0.1) is 0 Å². The molecule has 0 atom stereocenters. The molecule has 5 rings (SSSR count). The molecule has 2 N–H and O–H groups in total. The average molecular weight is 408 g/mol. The molecule has 1 aliphatic carbocycles. The first-order valence-electron chi connectivity index (χ1n) is 9.76. The van der Waals surface area contributed by atoms with Gasteiger partial charge in [-0.3, -0.25) is 4.40 Å². The lowest BCUT2D eigenvalue weighted by atomic mass is 9.72. The van der Waals surface area contributed by atoms with Crippen molar-refractivity contribution in [3.05, 3.63) is 78.2 Å². The van der Waals surface area contributed by atoms with Crippen molar-refractivity contribution >= 4 is 5.78 Å². The maximum absolute atomic E-state index is 13.2. The van der Waals surface area contributed by atoms with Crippen LogP contribution in [0.2, 0.25) is 0 Å². The van der Waals surface area contributed by atoms with Gasteiger partial charge in [0.05, 0.1) is 5.69 Å². The summed E-state index contributed by atoms with van der Waals surface area (Å²) >= 11 is 0. The first-order valence-corrected chi connectivity index (χ1v) is 9.76. The van der Waals surface area contributed by atoms with Crippen LogP contribution in [0.4, 0.5) is 13.2 Å². The van der Waals surface area contributed by atoms with Gasteiger partial charge in [-0.1, -0.05) is 54.6 Å². The fourth-order valence-corrected chi connectivity index (χ4v) is 3.91. The molecule has 152 valence electrons. The average Bonchev–Trinajstić information content (AvgIpc) is 3.16. The molecule has 0 radical (unpaired) electrons. The molecule has 0 amide bonds. The Morgan fingerprint density at radius 2 is 1.57 bits per heavy atom. The van der Waals surface area contributed by atoms with Crippen molar-refractivity contribution < 1.29 is 13.2 Å². The van der Waals surface area contributed by atoms with Crippen LogP contribution in [0.15, 0.2) is 67.0 Å². The monoisotopic (exact) mass is 408 g/mol. The third-order valence-corrected chi connectivity index (χ3v) is 5.80. The molecule has 1 aliphatic rings. The number of benzene rings is 2. The molecule has 0 bridgehead atoms. The highest BCUT2D eigenvalue weighted by Crippen LogP contribution is 2.40. The van der Waals surface area contributed by atoms with E-state index in [1.165, 1.54) is 4.40 Å². The number of hydrogen-bond donors (Lipinski definition) is 1. The van der Waals surface area contributed by atoms with Crippen LogP contribution in [0.3, 0.4) is 0 Å². The number of imidazole rings is 1. The van der Waals surface area contributed by atoms with Crippen molar-refractivity contribution in [1.82, 2.24) is 14.4 Å². The highest BCUT2D eigenvalue weighted by molar-refractivity contribution is 5.81. The van der Waals surface area contributed by atoms with E-state index in [-0.39, 0.29) is 11.3 Å². The number of nitrogens with two attached hydrogens (primary N) is 1. The van der Waals surface area contributed by atoms with E-state index in [4.69, 9.17) is 5.73 Å². The van der Waals surface area contributed by atoms with Gasteiger partial charge in [0.1, 0.15) is 0 Å². The molecule has 7 heteroatoms. The zero-order valence-corrected chi connectivity index (χ0v) is 16.0. The molecule has 30 heavy (non-hydrogen) atoms. The van der Waals surface area contributed by atoms with Crippen molar-refractivity contribution in [3.8, 4) is 22.4 Å². The minimum Gasteiger partial charge on any atom is -0.321 e. The molecule has 0 unspecified atom stereocenters. The highest BCUT2D eigenvalue weighted by atomic mass is 19.4. The van der Waals surface area contributed by atoms with Crippen LogP contribution in [0.5, 0.6) is 0 Å². The lowest BCUT2D eigenvalue weighted by Crippen LogP contribution is -2.43. The summed E-state index contributed by atoms with van der Waals surface area (Å²) in [6.07, 6.45) is 1.13. The van der Waals surface area contributed by atoms with E-state index < -0.39 is 11.9 Å². The molecule has 1 saturated carbocycles. The van der Waals surface area contributed by atoms with E-state index >= 15 is 0 Å². The van der Waals surface area contributed by atoms with E-state index in [9.17, 15) is 13.2 Å². The first-order chi connectivity index (χ1) is 14.3. The minimum atomic E-state index is -4.53. The Balaban J connectivity index is 1.67. The van der Waals surface area contributed by atoms with Crippen LogP contribution in [0.25, 0.3) is 28.2 Å². The van der Waals surface area contributed by atoms with Crippen molar-refractivity contribution in [2.45, 2.75) is 31.0 Å². The number of nitrogens with zero attached hydrogens (tertiary/aromatic N) is 3. The fourth-order valence-electron chi connectivity index (χ4n) is 3.91. The van der Waals surface area contributed by atoms with Crippen molar-refractivity contribution in [2.75, 3.05) is 0 Å². The van der Waals surface area contributed by atoms with Crippen LogP contribution in [0, 0.1) is 0 Å². The quantitative estimate of drug-likeness (QED) is 0.492. The third-order valence-electron chi connectivity index (χ3n) is 5.80. The van der Waals surface area contributed by atoms with Crippen molar-refractivity contribution in [2.24, 2.45) is 5.73 Å². The van der Waals surface area contributed by atoms with Crippen LogP contribution >= 0.6 is 0 Å². The largest absolute Gasteiger partial charge is 0.434 e. The summed E-state index contributed by atoms with van der Waals surface area (Å²) in [7, 11) is 0. The van der Waals surface area contributed by atoms with Gasteiger partial charge >= 0.3 is 6.18 Å². The van der Waals surface area contributed by atoms with Gasteiger partial charge in [-0.2, -0.15) is 13.2 Å². The Bertz CT molecular complexity index is 1210. The predicted octanol–water partition coefficient (Wildman–Crippen LogP) is 5.42. The summed E-state index contributed by atoms with van der Waals surface area (Å²) in [5.41, 5.74) is 9.23. The minimum absolute atomic E-state index is 0.00960. The van der Waals surface area contributed by atoms with E-state index in [0.717, 1.165) is 47.7 Å². The second-order valence-corrected chi connectivity index (χ2v) is 7.79. The zero-order valence-electron chi connectivity index (χ0n) is 16.0. The van der Waals surface area contributed by atoms with Crippen LogP contribution in [-0.2, 0) is 11.7 Å². The Morgan fingerprint density at radius 3 is 2.17 bits per heavy atom. The van der Waals surface area contributed by atoms with Gasteiger partial charge < -0.3 is 5.73 Å². The number of aromatic nitrogens is 3. The van der Waals surface area contributed by atoms with Crippen molar-refractivity contribution in [3.63, 3.8) is 0 Å². The Morgan fingerprint density at radius 1 is 0.867 bits per heavy atom. The van der Waals surface area contributed by atoms with Crippen LogP contribution in [0.1, 0.15) is 30.5 Å². The number of hydrogen-bond acceptors (Lipinski definition) is 3. The number of rotatable bonds is 3. The normalized spacial score (nSPS) is 15.9. The summed E-state index contributed by atoms with van der Waals surface area (Å²) in [5.74, 6) is 0.00960. The SMILES string of the molecule is NC1(c2ccc(-c3nc4nc(C(F)(F)F)cn4cc3-c3ccccc3)cc2)CCC1. The van der Waals surface area contributed by atoms with Gasteiger partial charge in [0.25, 0.3) is 0 Å². The van der Waals surface area contributed by atoms with E-state index in [1.54, 1.807) is 6.20 Å². The van der Waals surface area contributed by atoms with Crippen molar-refractivity contribution in [1.29, 1.82) is 0 Å². The second kappa shape index (κ2) is 6.67. The molecule has 0 saturated heterocycles. The summed E-state index contributed by atoms with van der Waals surface area (Å²) < 4.78 is 40.8. The summed E-state index contributed by atoms with van der Waals surface area (Å²) in [6.45, 7) is 0. The molecule has 4 nitrogen and oxygen atoms in total. The maximum Gasteiger partial charge on any atom is 0.434 e. The molecule has 4 aromatic rings. The lowest BCUT2D eigenvalue weighted by Gasteiger charge is -2.38. The molecule has 1 fully saturated rings. The lowest BCUT2D eigenvalue weighted by molar-refractivity contribution is -0.140. The number of halogens is 3. The topological polar surface area (TPSA) is 56.2 Å². The van der Waals surface area contributed by atoms with Crippen LogP contribution < -0.4 is 5.73 Å². The van der Waals surface area contributed by atoms with Gasteiger partial charge in [0, 0.05) is 29.1 Å². The third kappa shape index (κ3) is 3.15.